The summed E-state index contributed by atoms with van der Waals surface area (Å²) < 4.78 is 0. The first-order valence-corrected chi connectivity index (χ1v) is 9.53. The van der Waals surface area contributed by atoms with Crippen molar-refractivity contribution in [3.05, 3.63) is 0 Å². The predicted octanol–water partition coefficient (Wildman–Crippen LogP) is 1.08. The van der Waals surface area contributed by atoms with Crippen molar-refractivity contribution >= 4 is 12.3 Å². The van der Waals surface area contributed by atoms with Crippen LogP contribution in [0.15, 0.2) is 0 Å². The lowest BCUT2D eigenvalue weighted by molar-refractivity contribution is -0.136. The number of amides is 2. The number of aliphatic hydroxyl groups is 1. The Bertz CT molecular complexity index is 399. The molecule has 0 aromatic carbocycles. The van der Waals surface area contributed by atoms with E-state index >= 15 is 0 Å². The van der Waals surface area contributed by atoms with Crippen LogP contribution in [-0.2, 0) is 9.59 Å². The van der Waals surface area contributed by atoms with E-state index in [0.29, 0.717) is 19.5 Å². The van der Waals surface area contributed by atoms with E-state index in [9.17, 15) is 14.7 Å². The molecular weight excluding hydrogens is 306 g/mol. The summed E-state index contributed by atoms with van der Waals surface area (Å²) in [7, 11) is 0. The Morgan fingerprint density at radius 3 is 2.62 bits per heavy atom. The summed E-state index contributed by atoms with van der Waals surface area (Å²) in [5, 5.41) is 9.57. The molecule has 1 N–H and O–H groups in total. The third-order valence-corrected chi connectivity index (χ3v) is 5.27. The standard InChI is InChI=1S/C18H33N3O3/c1-2-6-16(7-5-11-19-9-3-4-10-19)21(15-22)14-18(24)20-12-8-17(23)13-20/h15-17,23H,2-14H2,1H3. The molecule has 2 unspecified atom stereocenters. The molecule has 2 aliphatic rings. The summed E-state index contributed by atoms with van der Waals surface area (Å²) in [4.78, 5) is 29.8. The fourth-order valence-electron chi connectivity index (χ4n) is 3.84. The summed E-state index contributed by atoms with van der Waals surface area (Å²) >= 11 is 0. The zero-order valence-corrected chi connectivity index (χ0v) is 15.0. The van der Waals surface area contributed by atoms with Crippen LogP contribution in [0.4, 0.5) is 0 Å². The Hall–Kier alpha value is -1.14. The topological polar surface area (TPSA) is 64.1 Å². The minimum Gasteiger partial charge on any atom is -0.391 e. The smallest absolute Gasteiger partial charge is 0.242 e. The zero-order chi connectivity index (χ0) is 17.4. The molecule has 6 nitrogen and oxygen atoms in total. The molecule has 0 aromatic heterocycles. The molecule has 0 spiro atoms. The number of carbonyl (C=O) groups excluding carboxylic acids is 2. The average molecular weight is 339 g/mol. The molecule has 24 heavy (non-hydrogen) atoms. The molecule has 6 heteroatoms. The second kappa shape index (κ2) is 9.99. The Kier molecular flexibility index (Phi) is 7.99. The quantitative estimate of drug-likeness (QED) is 0.605. The first kappa shape index (κ1) is 19.2. The van der Waals surface area contributed by atoms with Crippen molar-refractivity contribution in [3.63, 3.8) is 0 Å². The van der Waals surface area contributed by atoms with Crippen LogP contribution in [0.25, 0.3) is 0 Å². The van der Waals surface area contributed by atoms with Crippen LogP contribution in [0.5, 0.6) is 0 Å². The SMILES string of the molecule is CCCC(CCCN1CCCC1)N(C=O)CC(=O)N1CCC(O)C1. The summed E-state index contributed by atoms with van der Waals surface area (Å²) in [5.41, 5.74) is 0. The monoisotopic (exact) mass is 339 g/mol. The Morgan fingerprint density at radius 2 is 2.04 bits per heavy atom. The summed E-state index contributed by atoms with van der Waals surface area (Å²) in [5.74, 6) is -0.0423. The van der Waals surface area contributed by atoms with E-state index in [-0.39, 0.29) is 18.5 Å². The maximum atomic E-state index is 12.4. The summed E-state index contributed by atoms with van der Waals surface area (Å²) in [6, 6.07) is 0.145. The van der Waals surface area contributed by atoms with Crippen molar-refractivity contribution in [1.29, 1.82) is 0 Å². The second-order valence-corrected chi connectivity index (χ2v) is 7.19. The lowest BCUT2D eigenvalue weighted by Crippen LogP contribution is -2.44. The second-order valence-electron chi connectivity index (χ2n) is 7.19. The third-order valence-electron chi connectivity index (χ3n) is 5.27. The van der Waals surface area contributed by atoms with Gasteiger partial charge < -0.3 is 19.8 Å². The number of hydrogen-bond acceptors (Lipinski definition) is 4. The van der Waals surface area contributed by atoms with E-state index in [1.165, 1.54) is 25.9 Å². The minimum absolute atomic E-state index is 0.0423. The molecule has 2 saturated heterocycles. The van der Waals surface area contributed by atoms with Gasteiger partial charge in [-0.05, 0) is 58.2 Å². The van der Waals surface area contributed by atoms with E-state index < -0.39 is 6.10 Å². The Labute approximate surface area is 145 Å². The van der Waals surface area contributed by atoms with Crippen LogP contribution in [0.1, 0.15) is 51.9 Å². The number of carbonyl (C=O) groups is 2. The molecule has 0 saturated carbocycles. The molecular formula is C18H33N3O3. The van der Waals surface area contributed by atoms with Gasteiger partial charge >= 0.3 is 0 Å². The van der Waals surface area contributed by atoms with Gasteiger partial charge in [-0.3, -0.25) is 9.59 Å². The van der Waals surface area contributed by atoms with E-state index in [0.717, 1.165) is 38.6 Å². The van der Waals surface area contributed by atoms with Gasteiger partial charge in [-0.15, -0.1) is 0 Å². The highest BCUT2D eigenvalue weighted by Crippen LogP contribution is 2.16. The minimum atomic E-state index is -0.412. The van der Waals surface area contributed by atoms with E-state index in [4.69, 9.17) is 0 Å². The normalized spacial score (nSPS) is 22.8. The lowest BCUT2D eigenvalue weighted by atomic mass is 10.0. The van der Waals surface area contributed by atoms with Crippen molar-refractivity contribution in [1.82, 2.24) is 14.7 Å². The zero-order valence-electron chi connectivity index (χ0n) is 15.0. The number of aliphatic hydroxyl groups excluding tert-OH is 1. The Balaban J connectivity index is 1.80. The molecule has 0 radical (unpaired) electrons. The molecule has 0 aromatic rings. The molecule has 2 rings (SSSR count). The van der Waals surface area contributed by atoms with Gasteiger partial charge in [0.1, 0.15) is 0 Å². The van der Waals surface area contributed by atoms with Gasteiger partial charge in [0, 0.05) is 19.1 Å². The number of hydrogen-bond donors (Lipinski definition) is 1. The first-order valence-electron chi connectivity index (χ1n) is 9.53. The summed E-state index contributed by atoms with van der Waals surface area (Å²) in [6.07, 6.45) is 7.64. The van der Waals surface area contributed by atoms with Gasteiger partial charge in [-0.1, -0.05) is 13.3 Å². The number of β-amino-alcohol motifs (C(OH)–C–C–N with tert-alkyl or cyclic N) is 1. The van der Waals surface area contributed by atoms with Crippen LogP contribution in [0.2, 0.25) is 0 Å². The van der Waals surface area contributed by atoms with Crippen molar-refractivity contribution in [2.45, 2.75) is 64.0 Å². The van der Waals surface area contributed by atoms with Crippen molar-refractivity contribution in [2.75, 3.05) is 39.3 Å². The highest BCUT2D eigenvalue weighted by molar-refractivity contribution is 5.80. The largest absolute Gasteiger partial charge is 0.391 e. The number of nitrogens with zero attached hydrogens (tertiary/aromatic N) is 3. The maximum absolute atomic E-state index is 12.4. The average Bonchev–Trinajstić information content (AvgIpc) is 3.23. The van der Waals surface area contributed by atoms with Gasteiger partial charge in [0.2, 0.25) is 12.3 Å². The molecule has 2 heterocycles. The molecule has 2 amide bonds. The van der Waals surface area contributed by atoms with Crippen LogP contribution in [0.3, 0.4) is 0 Å². The van der Waals surface area contributed by atoms with Crippen molar-refractivity contribution < 1.29 is 14.7 Å². The highest BCUT2D eigenvalue weighted by atomic mass is 16.3. The maximum Gasteiger partial charge on any atom is 0.242 e. The number of likely N-dealkylation sites (tertiary alicyclic amines) is 2. The van der Waals surface area contributed by atoms with Crippen molar-refractivity contribution in [2.24, 2.45) is 0 Å². The predicted molar refractivity (Wildman–Crippen MR) is 93.6 cm³/mol. The molecule has 2 fully saturated rings. The van der Waals surface area contributed by atoms with E-state index in [1.54, 1.807) is 9.80 Å². The molecule has 0 aliphatic carbocycles. The molecule has 2 atom stereocenters. The van der Waals surface area contributed by atoms with Crippen molar-refractivity contribution in [3.8, 4) is 0 Å². The van der Waals surface area contributed by atoms with Gasteiger partial charge in [-0.25, -0.2) is 0 Å². The molecule has 2 aliphatic heterocycles. The highest BCUT2D eigenvalue weighted by Gasteiger charge is 2.27. The van der Waals surface area contributed by atoms with Gasteiger partial charge in [0.25, 0.3) is 0 Å². The number of rotatable bonds is 10. The molecule has 0 bridgehead atoms. The van der Waals surface area contributed by atoms with Crippen LogP contribution in [0, 0.1) is 0 Å². The summed E-state index contributed by atoms with van der Waals surface area (Å²) in [6.45, 7) is 6.76. The van der Waals surface area contributed by atoms with E-state index in [1.807, 2.05) is 0 Å². The fourth-order valence-corrected chi connectivity index (χ4v) is 3.84. The Morgan fingerprint density at radius 1 is 1.29 bits per heavy atom. The molecule has 138 valence electrons. The fraction of sp³-hybridized carbons (Fsp3) is 0.889. The van der Waals surface area contributed by atoms with Gasteiger partial charge in [0.05, 0.1) is 12.6 Å². The van der Waals surface area contributed by atoms with Crippen LogP contribution in [-0.4, -0.2) is 83.5 Å². The van der Waals surface area contributed by atoms with Gasteiger partial charge in [-0.2, -0.15) is 0 Å². The van der Waals surface area contributed by atoms with Crippen LogP contribution >= 0.6 is 0 Å². The third kappa shape index (κ3) is 5.74. The first-order chi connectivity index (χ1) is 11.6. The van der Waals surface area contributed by atoms with Gasteiger partial charge in [0.15, 0.2) is 0 Å². The lowest BCUT2D eigenvalue weighted by Gasteiger charge is -2.30. The van der Waals surface area contributed by atoms with Crippen LogP contribution < -0.4 is 0 Å². The van der Waals surface area contributed by atoms with E-state index in [2.05, 4.69) is 11.8 Å².